The van der Waals surface area contributed by atoms with Crippen LogP contribution in [0.25, 0.3) is 0 Å². The third-order valence-corrected chi connectivity index (χ3v) is 5.25. The van der Waals surface area contributed by atoms with Crippen LogP contribution in [0.4, 0.5) is 17.6 Å². The lowest BCUT2D eigenvalue weighted by Gasteiger charge is -2.22. The summed E-state index contributed by atoms with van der Waals surface area (Å²) in [7, 11) is -3.24. The van der Waals surface area contributed by atoms with Crippen LogP contribution in [-0.2, 0) is 16.0 Å². The fourth-order valence-electron chi connectivity index (χ4n) is 2.43. The van der Waals surface area contributed by atoms with Gasteiger partial charge < -0.3 is 5.73 Å². The molecule has 0 bridgehead atoms. The molecule has 112 valence electrons. The molecule has 0 saturated carbocycles. The average molecular weight is 311 g/mol. The number of rotatable bonds is 2. The Labute approximate surface area is 113 Å². The van der Waals surface area contributed by atoms with Crippen LogP contribution in [-0.4, -0.2) is 19.9 Å². The Kier molecular flexibility index (Phi) is 3.81. The first-order valence-electron chi connectivity index (χ1n) is 5.93. The third-order valence-electron chi connectivity index (χ3n) is 3.46. The molecule has 0 aromatic heterocycles. The Morgan fingerprint density at radius 1 is 1.30 bits per heavy atom. The summed E-state index contributed by atoms with van der Waals surface area (Å²) >= 11 is 0. The molecule has 2 unspecified atom stereocenters. The second kappa shape index (κ2) is 5.00. The zero-order valence-electron chi connectivity index (χ0n) is 10.3. The first-order valence-corrected chi connectivity index (χ1v) is 7.75. The Bertz CT molecular complexity index is 612. The van der Waals surface area contributed by atoms with Gasteiger partial charge in [0, 0.05) is 6.04 Å². The summed E-state index contributed by atoms with van der Waals surface area (Å²) in [5, 5.41) is 0. The molecule has 0 aliphatic carbocycles. The number of halogens is 4. The monoisotopic (exact) mass is 311 g/mol. The van der Waals surface area contributed by atoms with Gasteiger partial charge in [-0.2, -0.15) is 13.2 Å². The molecule has 1 aromatic rings. The van der Waals surface area contributed by atoms with E-state index in [0.29, 0.717) is 6.07 Å². The number of hydrogen-bond acceptors (Lipinski definition) is 3. The van der Waals surface area contributed by atoms with Crippen LogP contribution in [0.5, 0.6) is 0 Å². The molecule has 2 rings (SSSR count). The van der Waals surface area contributed by atoms with E-state index in [1.807, 2.05) is 0 Å². The highest BCUT2D eigenvalue weighted by atomic mass is 32.2. The zero-order valence-corrected chi connectivity index (χ0v) is 11.1. The second-order valence-electron chi connectivity index (χ2n) is 4.92. The molecule has 1 aliphatic rings. The predicted molar refractivity (Wildman–Crippen MR) is 65.1 cm³/mol. The van der Waals surface area contributed by atoms with Crippen molar-refractivity contribution in [2.45, 2.75) is 18.6 Å². The van der Waals surface area contributed by atoms with Crippen molar-refractivity contribution in [1.82, 2.24) is 0 Å². The average Bonchev–Trinajstić information content (AvgIpc) is 2.67. The van der Waals surface area contributed by atoms with Crippen molar-refractivity contribution >= 4 is 9.84 Å². The normalized spacial score (nSPS) is 23.8. The van der Waals surface area contributed by atoms with Crippen LogP contribution in [0, 0.1) is 11.7 Å². The number of sulfone groups is 1. The predicted octanol–water partition coefficient (Wildman–Crippen LogP) is 2.28. The smallest absolute Gasteiger partial charge is 0.324 e. The van der Waals surface area contributed by atoms with Gasteiger partial charge in [-0.3, -0.25) is 0 Å². The Hall–Kier alpha value is -1.15. The lowest BCUT2D eigenvalue weighted by molar-refractivity contribution is -0.138. The van der Waals surface area contributed by atoms with Crippen molar-refractivity contribution in [2.24, 2.45) is 11.7 Å². The van der Waals surface area contributed by atoms with Gasteiger partial charge in [-0.15, -0.1) is 0 Å². The number of hydrogen-bond donors (Lipinski definition) is 1. The first-order chi connectivity index (χ1) is 9.10. The van der Waals surface area contributed by atoms with E-state index in [1.54, 1.807) is 0 Å². The minimum absolute atomic E-state index is 0.0755. The van der Waals surface area contributed by atoms with Crippen molar-refractivity contribution < 1.29 is 26.0 Å². The molecule has 1 aliphatic heterocycles. The molecule has 0 radical (unpaired) electrons. The van der Waals surface area contributed by atoms with E-state index in [2.05, 4.69) is 0 Å². The van der Waals surface area contributed by atoms with Crippen LogP contribution < -0.4 is 5.73 Å². The van der Waals surface area contributed by atoms with Gasteiger partial charge in [-0.25, -0.2) is 12.8 Å². The fraction of sp³-hybridized carbons (Fsp3) is 0.500. The maximum atomic E-state index is 13.0. The largest absolute Gasteiger partial charge is 0.416 e. The van der Waals surface area contributed by atoms with E-state index in [-0.39, 0.29) is 23.5 Å². The van der Waals surface area contributed by atoms with Crippen LogP contribution in [0.3, 0.4) is 0 Å². The maximum Gasteiger partial charge on any atom is 0.416 e. The van der Waals surface area contributed by atoms with Crippen molar-refractivity contribution in [3.8, 4) is 0 Å². The molecular formula is C12H13F4NO2S. The standard InChI is InChI=1S/C12H13F4NO2S/c13-8-1-2-9(10(5-8)12(14,15)16)11(17)7-3-4-20(18,19)6-7/h1-2,5,7,11H,3-4,6,17H2. The summed E-state index contributed by atoms with van der Waals surface area (Å²) in [5.41, 5.74) is 4.37. The van der Waals surface area contributed by atoms with Crippen molar-refractivity contribution in [3.63, 3.8) is 0 Å². The quantitative estimate of drug-likeness (QED) is 0.853. The van der Waals surface area contributed by atoms with Gasteiger partial charge in [0.15, 0.2) is 9.84 Å². The van der Waals surface area contributed by atoms with E-state index in [0.717, 1.165) is 12.1 Å². The molecule has 0 spiro atoms. The van der Waals surface area contributed by atoms with Crippen molar-refractivity contribution in [3.05, 3.63) is 35.1 Å². The summed E-state index contributed by atoms with van der Waals surface area (Å²) < 4.78 is 74.4. The highest BCUT2D eigenvalue weighted by Gasteiger charge is 2.39. The lowest BCUT2D eigenvalue weighted by Crippen LogP contribution is -2.25. The Morgan fingerprint density at radius 2 is 1.95 bits per heavy atom. The van der Waals surface area contributed by atoms with Crippen LogP contribution >= 0.6 is 0 Å². The van der Waals surface area contributed by atoms with Gasteiger partial charge >= 0.3 is 6.18 Å². The summed E-state index contributed by atoms with van der Waals surface area (Å²) in [5.74, 6) is -1.89. The fourth-order valence-corrected chi connectivity index (χ4v) is 4.28. The summed E-state index contributed by atoms with van der Waals surface area (Å²) in [6.45, 7) is 0. The van der Waals surface area contributed by atoms with E-state index >= 15 is 0 Å². The number of alkyl halides is 3. The molecule has 1 saturated heterocycles. The van der Waals surface area contributed by atoms with Gasteiger partial charge in [-0.1, -0.05) is 6.07 Å². The summed E-state index contributed by atoms with van der Waals surface area (Å²) in [6, 6.07) is 1.19. The molecule has 1 fully saturated rings. The van der Waals surface area contributed by atoms with Gasteiger partial charge in [0.1, 0.15) is 5.82 Å². The first kappa shape index (κ1) is 15.2. The Morgan fingerprint density at radius 3 is 2.45 bits per heavy atom. The molecule has 1 heterocycles. The SMILES string of the molecule is NC(c1ccc(F)cc1C(F)(F)F)C1CCS(=O)(=O)C1. The molecule has 3 nitrogen and oxygen atoms in total. The summed E-state index contributed by atoms with van der Waals surface area (Å²) in [6.07, 6.45) is -4.51. The van der Waals surface area contributed by atoms with Crippen molar-refractivity contribution in [1.29, 1.82) is 0 Å². The van der Waals surface area contributed by atoms with E-state index in [1.165, 1.54) is 0 Å². The van der Waals surface area contributed by atoms with E-state index in [4.69, 9.17) is 5.73 Å². The zero-order chi connectivity index (χ0) is 15.1. The molecular weight excluding hydrogens is 298 g/mol. The molecule has 8 heteroatoms. The molecule has 2 N–H and O–H groups in total. The van der Waals surface area contributed by atoms with Gasteiger partial charge in [0.2, 0.25) is 0 Å². The van der Waals surface area contributed by atoms with Gasteiger partial charge in [-0.05, 0) is 30.0 Å². The number of benzene rings is 1. The van der Waals surface area contributed by atoms with Gasteiger partial charge in [0.05, 0.1) is 17.1 Å². The topological polar surface area (TPSA) is 60.2 Å². The molecule has 1 aromatic carbocycles. The minimum Gasteiger partial charge on any atom is -0.324 e. The van der Waals surface area contributed by atoms with Gasteiger partial charge in [0.25, 0.3) is 0 Å². The highest BCUT2D eigenvalue weighted by Crippen LogP contribution is 2.38. The highest BCUT2D eigenvalue weighted by molar-refractivity contribution is 7.91. The van der Waals surface area contributed by atoms with Crippen LogP contribution in [0.2, 0.25) is 0 Å². The Balaban J connectivity index is 2.38. The number of nitrogens with two attached hydrogens (primary N) is 1. The molecule has 2 atom stereocenters. The summed E-state index contributed by atoms with van der Waals surface area (Å²) in [4.78, 5) is 0. The van der Waals surface area contributed by atoms with Crippen LogP contribution in [0.1, 0.15) is 23.6 Å². The minimum atomic E-state index is -4.73. The van der Waals surface area contributed by atoms with E-state index < -0.39 is 39.4 Å². The lowest BCUT2D eigenvalue weighted by atomic mass is 9.90. The van der Waals surface area contributed by atoms with Crippen molar-refractivity contribution in [2.75, 3.05) is 11.5 Å². The second-order valence-corrected chi connectivity index (χ2v) is 7.15. The third kappa shape index (κ3) is 3.12. The van der Waals surface area contributed by atoms with Crippen LogP contribution in [0.15, 0.2) is 18.2 Å². The van der Waals surface area contributed by atoms with E-state index in [9.17, 15) is 26.0 Å². The maximum absolute atomic E-state index is 13.0. The molecule has 0 amide bonds. The molecule has 20 heavy (non-hydrogen) atoms.